The summed E-state index contributed by atoms with van der Waals surface area (Å²) in [6.07, 6.45) is 2.72. The van der Waals surface area contributed by atoms with Crippen LogP contribution in [0.3, 0.4) is 0 Å². The maximum Gasteiger partial charge on any atom is 0.257 e. The number of ether oxygens (including phenoxy) is 1. The minimum absolute atomic E-state index is 0.00143. The van der Waals surface area contributed by atoms with Gasteiger partial charge < -0.3 is 4.74 Å². The van der Waals surface area contributed by atoms with Crippen LogP contribution in [0, 0.1) is 18.6 Å². The Morgan fingerprint density at radius 3 is 2.81 bits per heavy atom. The molecule has 11 heteroatoms. The van der Waals surface area contributed by atoms with Crippen molar-refractivity contribution in [3.05, 3.63) is 53.1 Å². The number of aromatic amines is 2. The highest BCUT2D eigenvalue weighted by Gasteiger charge is 2.27. The van der Waals surface area contributed by atoms with Crippen LogP contribution >= 0.6 is 0 Å². The molecule has 8 nitrogen and oxygen atoms in total. The van der Waals surface area contributed by atoms with Gasteiger partial charge in [0, 0.05) is 7.11 Å². The lowest BCUT2D eigenvalue weighted by Crippen LogP contribution is -2.20. The maximum absolute atomic E-state index is 14.8. The van der Waals surface area contributed by atoms with Crippen molar-refractivity contribution in [1.29, 1.82) is 0 Å². The number of H-pyrrole nitrogens is 2. The molecule has 27 heavy (non-hydrogen) atoms. The SMILES string of the molecule is COCS(=O)(=O)Nc1ccc(F)c(C(=O)c2c[nH]c3[nH+]cnc(C)c23)c1F. The summed E-state index contributed by atoms with van der Waals surface area (Å²) in [5, 5.41) is 0.381. The highest BCUT2D eigenvalue weighted by Crippen LogP contribution is 2.27. The number of aryl methyl sites for hydroxylation is 1. The fourth-order valence-electron chi connectivity index (χ4n) is 2.68. The molecule has 0 aliphatic heterocycles. The Labute approximate surface area is 152 Å². The number of nitrogens with zero attached hydrogens (tertiary/aromatic N) is 1. The first-order valence-electron chi connectivity index (χ1n) is 7.61. The summed E-state index contributed by atoms with van der Waals surface area (Å²) in [6.45, 7) is 1.64. The molecule has 0 saturated heterocycles. The minimum Gasteiger partial charge on any atom is -0.367 e. The monoisotopic (exact) mass is 397 g/mol. The Balaban J connectivity index is 2.11. The third kappa shape index (κ3) is 3.51. The third-order valence-electron chi connectivity index (χ3n) is 3.81. The smallest absolute Gasteiger partial charge is 0.257 e. The molecule has 0 aliphatic carbocycles. The van der Waals surface area contributed by atoms with E-state index in [1.54, 1.807) is 6.92 Å². The molecule has 0 fully saturated rings. The van der Waals surface area contributed by atoms with Gasteiger partial charge in [-0.25, -0.2) is 22.2 Å². The first-order chi connectivity index (χ1) is 12.7. The highest BCUT2D eigenvalue weighted by atomic mass is 32.2. The molecule has 3 aromatic rings. The average molecular weight is 397 g/mol. The molecule has 3 N–H and O–H groups in total. The van der Waals surface area contributed by atoms with E-state index in [0.29, 0.717) is 16.7 Å². The second kappa shape index (κ2) is 7.00. The molecule has 1 aromatic carbocycles. The van der Waals surface area contributed by atoms with Crippen molar-refractivity contribution < 1.29 is 31.7 Å². The van der Waals surface area contributed by atoms with E-state index >= 15 is 0 Å². The lowest BCUT2D eigenvalue weighted by atomic mass is 10.0. The lowest BCUT2D eigenvalue weighted by Gasteiger charge is -2.11. The number of methoxy groups -OCH3 is 1. The number of sulfonamides is 1. The van der Waals surface area contributed by atoms with Crippen LogP contribution in [-0.4, -0.2) is 37.2 Å². The van der Waals surface area contributed by atoms with E-state index in [-0.39, 0.29) is 5.56 Å². The van der Waals surface area contributed by atoms with Crippen molar-refractivity contribution in [2.75, 3.05) is 17.8 Å². The first kappa shape index (κ1) is 18.9. The van der Waals surface area contributed by atoms with Crippen LogP contribution in [0.2, 0.25) is 0 Å². The van der Waals surface area contributed by atoms with Crippen LogP contribution in [0.1, 0.15) is 21.6 Å². The number of ketones is 1. The molecule has 0 unspecified atom stereocenters. The van der Waals surface area contributed by atoms with Gasteiger partial charge in [-0.15, -0.1) is 4.98 Å². The van der Waals surface area contributed by atoms with Crippen molar-refractivity contribution in [1.82, 2.24) is 9.97 Å². The Morgan fingerprint density at radius 2 is 2.11 bits per heavy atom. The molecule has 3 rings (SSSR count). The van der Waals surface area contributed by atoms with Crippen LogP contribution < -0.4 is 9.71 Å². The molecule has 0 atom stereocenters. The molecule has 0 spiro atoms. The zero-order valence-electron chi connectivity index (χ0n) is 14.3. The lowest BCUT2D eigenvalue weighted by molar-refractivity contribution is -0.352. The molecule has 0 aliphatic rings. The zero-order chi connectivity index (χ0) is 19.8. The van der Waals surface area contributed by atoms with Gasteiger partial charge in [0.2, 0.25) is 17.8 Å². The number of carbonyl (C=O) groups excluding carboxylic acids is 1. The second-order valence-corrected chi connectivity index (χ2v) is 7.35. The topological polar surface area (TPSA) is 115 Å². The zero-order valence-corrected chi connectivity index (χ0v) is 15.1. The number of hydrogen-bond acceptors (Lipinski definition) is 5. The molecule has 0 amide bonds. The summed E-state index contributed by atoms with van der Waals surface area (Å²) in [4.78, 5) is 22.4. The Kier molecular flexibility index (Phi) is 4.89. The number of rotatable bonds is 6. The quantitative estimate of drug-likeness (QED) is 0.612. The number of nitrogens with one attached hydrogen (secondary N) is 3. The standard InChI is InChI=1S/C16H14F2N4O4S/c1-8-12-9(5-19-16(12)21-6-20-8)15(23)13-10(17)3-4-11(14(13)18)22-27(24,25)7-26-2/h3-6,22H,7H2,1-2H3,(H,19,20,21)/p+1. The number of halogens is 2. The minimum atomic E-state index is -4.02. The highest BCUT2D eigenvalue weighted by molar-refractivity contribution is 7.92. The van der Waals surface area contributed by atoms with Crippen LogP contribution in [-0.2, 0) is 14.8 Å². The molecule has 0 radical (unpaired) electrons. The summed E-state index contributed by atoms with van der Waals surface area (Å²) in [7, 11) is -2.87. The molecular weight excluding hydrogens is 382 g/mol. The predicted octanol–water partition coefficient (Wildman–Crippen LogP) is 1.54. The summed E-state index contributed by atoms with van der Waals surface area (Å²) in [5.41, 5.74) is -0.494. The van der Waals surface area contributed by atoms with Crippen molar-refractivity contribution in [3.63, 3.8) is 0 Å². The van der Waals surface area contributed by atoms with E-state index in [1.807, 2.05) is 4.72 Å². The predicted molar refractivity (Wildman–Crippen MR) is 91.6 cm³/mol. The van der Waals surface area contributed by atoms with Gasteiger partial charge in [0.05, 0.1) is 28.4 Å². The van der Waals surface area contributed by atoms with Crippen molar-refractivity contribution in [2.45, 2.75) is 6.92 Å². The van der Waals surface area contributed by atoms with Gasteiger partial charge in [-0.2, -0.15) is 0 Å². The molecular formula is C16H15F2N4O4S+. The summed E-state index contributed by atoms with van der Waals surface area (Å²) in [6, 6.07) is 1.71. The van der Waals surface area contributed by atoms with E-state index < -0.39 is 44.6 Å². The van der Waals surface area contributed by atoms with E-state index in [9.17, 15) is 22.0 Å². The number of aromatic nitrogens is 3. The van der Waals surface area contributed by atoms with E-state index in [2.05, 4.69) is 19.7 Å². The molecule has 2 heterocycles. The van der Waals surface area contributed by atoms with Crippen molar-refractivity contribution in [3.8, 4) is 0 Å². The first-order valence-corrected chi connectivity index (χ1v) is 9.27. The van der Waals surface area contributed by atoms with Gasteiger partial charge in [0.15, 0.2) is 11.8 Å². The van der Waals surface area contributed by atoms with Crippen LogP contribution in [0.15, 0.2) is 24.7 Å². The molecule has 0 bridgehead atoms. The fraction of sp³-hybridized carbons (Fsp3) is 0.188. The molecule has 142 valence electrons. The Morgan fingerprint density at radius 1 is 1.37 bits per heavy atom. The number of carbonyl (C=O) groups is 1. The number of anilines is 1. The van der Waals surface area contributed by atoms with Crippen molar-refractivity contribution >= 4 is 32.5 Å². The van der Waals surface area contributed by atoms with Crippen LogP contribution in [0.4, 0.5) is 14.5 Å². The van der Waals surface area contributed by atoms with Gasteiger partial charge in [-0.05, 0) is 19.1 Å². The van der Waals surface area contributed by atoms with Gasteiger partial charge >= 0.3 is 0 Å². The number of fused-ring (bicyclic) bond motifs is 1. The average Bonchev–Trinajstić information content (AvgIpc) is 3.03. The summed E-state index contributed by atoms with van der Waals surface area (Å²) < 4.78 is 59.0. The van der Waals surface area contributed by atoms with Crippen LogP contribution in [0.25, 0.3) is 11.0 Å². The van der Waals surface area contributed by atoms with Gasteiger partial charge in [-0.1, -0.05) is 0 Å². The summed E-state index contributed by atoms with van der Waals surface area (Å²) in [5.74, 6) is -4.11. The number of benzene rings is 1. The molecule has 2 aromatic heterocycles. The van der Waals surface area contributed by atoms with Crippen LogP contribution in [0.5, 0.6) is 0 Å². The Hall–Kier alpha value is -2.92. The van der Waals surface area contributed by atoms with E-state index in [0.717, 1.165) is 19.2 Å². The van der Waals surface area contributed by atoms with Gasteiger partial charge in [0.1, 0.15) is 11.5 Å². The second-order valence-electron chi connectivity index (χ2n) is 5.68. The fourth-order valence-corrected chi connectivity index (χ4v) is 3.54. The normalized spacial score (nSPS) is 11.7. The molecule has 0 saturated carbocycles. The van der Waals surface area contributed by atoms with Gasteiger partial charge in [0.25, 0.3) is 10.0 Å². The largest absolute Gasteiger partial charge is 0.367 e. The number of hydrogen-bond donors (Lipinski definition) is 2. The summed E-state index contributed by atoms with van der Waals surface area (Å²) >= 11 is 0. The Bertz CT molecular complexity index is 1140. The van der Waals surface area contributed by atoms with Crippen molar-refractivity contribution in [2.24, 2.45) is 0 Å². The maximum atomic E-state index is 14.8. The van der Waals surface area contributed by atoms with E-state index in [1.165, 1.54) is 12.5 Å². The van der Waals surface area contributed by atoms with Gasteiger partial charge in [-0.3, -0.25) is 14.5 Å². The third-order valence-corrected chi connectivity index (χ3v) is 4.89. The van der Waals surface area contributed by atoms with E-state index in [4.69, 9.17) is 0 Å².